The van der Waals surface area contributed by atoms with E-state index in [1.165, 1.54) is 51.4 Å². The van der Waals surface area contributed by atoms with Crippen LogP contribution in [0, 0.1) is 0 Å². The molecule has 2 aliphatic rings. The third-order valence-electron chi connectivity index (χ3n) is 6.67. The molecule has 3 rings (SSSR count). The van der Waals surface area contributed by atoms with Crippen LogP contribution in [-0.4, -0.2) is 29.7 Å². The van der Waals surface area contributed by atoms with Crippen LogP contribution in [0.25, 0.3) is 0 Å². The summed E-state index contributed by atoms with van der Waals surface area (Å²) in [6.45, 7) is 9.35. The van der Waals surface area contributed by atoms with E-state index in [0.717, 1.165) is 18.4 Å². The first-order chi connectivity index (χ1) is 16.5. The molecule has 2 aliphatic heterocycles. The first-order valence-electron chi connectivity index (χ1n) is 13.3. The molecule has 0 amide bonds. The molecule has 0 bridgehead atoms. The zero-order chi connectivity index (χ0) is 25.6. The molecule has 0 radical (unpaired) electrons. The number of carbonyl (C=O) groups is 2. The molecule has 1 N–H and O–H groups in total. The van der Waals surface area contributed by atoms with Gasteiger partial charge in [0.05, 0.1) is 0 Å². The van der Waals surface area contributed by atoms with Crippen LogP contribution in [0.3, 0.4) is 0 Å². The molecule has 2 fully saturated rings. The van der Waals surface area contributed by atoms with Crippen molar-refractivity contribution in [3.63, 3.8) is 0 Å². The first kappa shape index (κ1) is 28.0. The Bertz CT molecular complexity index is 836. The third-order valence-corrected chi connectivity index (χ3v) is 10.6. The van der Waals surface area contributed by atoms with Gasteiger partial charge in [-0.05, 0) is 0 Å². The predicted molar refractivity (Wildman–Crippen MR) is 138 cm³/mol. The standard InChI is InChI=1S/C27H44NO6P/c1-6-7-8-9-10-11-12-13-14-18-21-28-23(22-19-16-15-17-20-22)35(31-24(29)26(2,3)33-35)32-25(30)27(4,5)34-35/h15-17,19-20,23,28H,6-14,18,21H2,1-5H3. The average molecular weight is 510 g/mol. The summed E-state index contributed by atoms with van der Waals surface area (Å²) in [5.74, 6) is -1.93. The number of rotatable bonds is 14. The zero-order valence-electron chi connectivity index (χ0n) is 22.1. The predicted octanol–water partition coefficient (Wildman–Crippen LogP) is 7.11. The van der Waals surface area contributed by atoms with E-state index in [9.17, 15) is 9.59 Å². The van der Waals surface area contributed by atoms with Crippen LogP contribution < -0.4 is 5.32 Å². The van der Waals surface area contributed by atoms with Crippen molar-refractivity contribution in [2.45, 2.75) is 116 Å². The molecule has 2 saturated heterocycles. The van der Waals surface area contributed by atoms with Crippen molar-refractivity contribution in [2.24, 2.45) is 0 Å². The van der Waals surface area contributed by atoms with Gasteiger partial charge in [0.1, 0.15) is 0 Å². The second-order valence-corrected chi connectivity index (χ2v) is 13.8. The number of nitrogens with one attached hydrogen (secondary N) is 1. The molecular formula is C27H44NO6P. The van der Waals surface area contributed by atoms with Crippen LogP contribution in [0.1, 0.15) is 110 Å². The maximum atomic E-state index is 12.9. The minimum atomic E-state index is -4.70. The van der Waals surface area contributed by atoms with Crippen molar-refractivity contribution in [3.05, 3.63) is 35.9 Å². The molecule has 0 aliphatic carbocycles. The topological polar surface area (TPSA) is 83.1 Å². The Morgan fingerprint density at radius 1 is 0.743 bits per heavy atom. The molecule has 8 heteroatoms. The van der Waals surface area contributed by atoms with Crippen molar-refractivity contribution in [1.82, 2.24) is 5.32 Å². The number of carbonyl (C=O) groups excluding carboxylic acids is 2. The molecule has 0 aromatic heterocycles. The second kappa shape index (κ2) is 11.2. The van der Waals surface area contributed by atoms with Gasteiger partial charge in [0, 0.05) is 0 Å². The van der Waals surface area contributed by atoms with E-state index in [-0.39, 0.29) is 0 Å². The molecule has 35 heavy (non-hydrogen) atoms. The van der Waals surface area contributed by atoms with E-state index in [4.69, 9.17) is 18.1 Å². The summed E-state index contributed by atoms with van der Waals surface area (Å²) in [6.07, 6.45) is 12.4. The fourth-order valence-corrected chi connectivity index (χ4v) is 9.30. The van der Waals surface area contributed by atoms with Gasteiger partial charge in [0.2, 0.25) is 0 Å². The molecule has 2 heterocycles. The monoisotopic (exact) mass is 509 g/mol. The average Bonchev–Trinajstić information content (AvgIpc) is 3.12. The zero-order valence-corrected chi connectivity index (χ0v) is 23.0. The molecule has 1 spiro atoms. The summed E-state index contributed by atoms with van der Waals surface area (Å²) < 4.78 is 24.5. The van der Waals surface area contributed by atoms with Gasteiger partial charge in [-0.2, -0.15) is 0 Å². The molecule has 198 valence electrons. The Morgan fingerprint density at radius 2 is 1.20 bits per heavy atom. The van der Waals surface area contributed by atoms with E-state index < -0.39 is 36.4 Å². The van der Waals surface area contributed by atoms with Crippen LogP contribution >= 0.6 is 7.51 Å². The molecular weight excluding hydrogens is 465 g/mol. The minimum absolute atomic E-state index is 0.595. The third kappa shape index (κ3) is 6.25. The number of hydrogen-bond donors (Lipinski definition) is 1. The summed E-state index contributed by atoms with van der Waals surface area (Å²) in [7, 11) is -4.70. The van der Waals surface area contributed by atoms with Crippen LogP contribution in [0.15, 0.2) is 30.3 Å². The van der Waals surface area contributed by atoms with Crippen molar-refractivity contribution in [1.29, 1.82) is 0 Å². The van der Waals surface area contributed by atoms with Crippen LogP contribution in [0.5, 0.6) is 0 Å². The van der Waals surface area contributed by atoms with Crippen molar-refractivity contribution in [2.75, 3.05) is 6.54 Å². The SMILES string of the molecule is CCCCCCCCCCCCNC(c1ccccc1)P12(OC(=O)C(C)(C)O1)OC(=O)C(C)(C)O2. The van der Waals surface area contributed by atoms with Crippen LogP contribution in [0.2, 0.25) is 0 Å². The molecule has 7 nitrogen and oxygen atoms in total. The Labute approximate surface area is 210 Å². The van der Waals surface area contributed by atoms with Gasteiger partial charge in [0.15, 0.2) is 0 Å². The van der Waals surface area contributed by atoms with E-state index in [0.29, 0.717) is 6.54 Å². The van der Waals surface area contributed by atoms with E-state index in [2.05, 4.69) is 12.2 Å². The van der Waals surface area contributed by atoms with Crippen LogP contribution in [0.4, 0.5) is 0 Å². The summed E-state index contributed by atoms with van der Waals surface area (Å²) in [5.41, 5.74) is -1.82. The van der Waals surface area contributed by atoms with Gasteiger partial charge in [-0.25, -0.2) is 0 Å². The summed E-state index contributed by atoms with van der Waals surface area (Å²) >= 11 is 0. The van der Waals surface area contributed by atoms with E-state index in [1.807, 2.05) is 30.3 Å². The quantitative estimate of drug-likeness (QED) is 0.211. The van der Waals surface area contributed by atoms with Gasteiger partial charge in [-0.3, -0.25) is 0 Å². The molecule has 1 atom stereocenters. The summed E-state index contributed by atoms with van der Waals surface area (Å²) in [5, 5.41) is 3.50. The number of benzene rings is 1. The van der Waals surface area contributed by atoms with Gasteiger partial charge in [-0.1, -0.05) is 13.3 Å². The summed E-state index contributed by atoms with van der Waals surface area (Å²) in [4.78, 5) is 25.7. The van der Waals surface area contributed by atoms with Crippen molar-refractivity contribution in [3.8, 4) is 0 Å². The Kier molecular flexibility index (Phi) is 9.01. The maximum absolute atomic E-state index is 12.9. The fraction of sp³-hybridized carbons (Fsp3) is 0.704. The Hall–Kier alpha value is -1.53. The van der Waals surface area contributed by atoms with Gasteiger partial charge in [0.25, 0.3) is 0 Å². The van der Waals surface area contributed by atoms with E-state index in [1.54, 1.807) is 27.7 Å². The normalized spacial score (nSPS) is 23.4. The van der Waals surface area contributed by atoms with Gasteiger partial charge >= 0.3 is 197 Å². The number of unbranched alkanes of at least 4 members (excludes halogenated alkanes) is 9. The molecule has 1 aromatic carbocycles. The number of hydrogen-bond acceptors (Lipinski definition) is 7. The van der Waals surface area contributed by atoms with Gasteiger partial charge in [-0.15, -0.1) is 0 Å². The first-order valence-corrected chi connectivity index (χ1v) is 15.2. The van der Waals surface area contributed by atoms with Gasteiger partial charge < -0.3 is 0 Å². The fourth-order valence-electron chi connectivity index (χ4n) is 4.74. The van der Waals surface area contributed by atoms with Crippen LogP contribution in [-0.2, 0) is 27.7 Å². The molecule has 1 unspecified atom stereocenters. The Morgan fingerprint density at radius 3 is 1.63 bits per heavy atom. The Balaban J connectivity index is 1.69. The second-order valence-electron chi connectivity index (χ2n) is 10.8. The molecule has 0 saturated carbocycles. The van der Waals surface area contributed by atoms with E-state index >= 15 is 0 Å². The molecule has 1 aromatic rings. The van der Waals surface area contributed by atoms with Crippen molar-refractivity contribution >= 4 is 19.4 Å². The summed E-state index contributed by atoms with van der Waals surface area (Å²) in [6, 6.07) is 9.51. The van der Waals surface area contributed by atoms with Crippen molar-refractivity contribution < 1.29 is 27.7 Å².